The molecule has 1 saturated heterocycles. The molecule has 1 amide bonds. The van der Waals surface area contributed by atoms with Crippen LogP contribution in [0.4, 0.5) is 5.69 Å². The summed E-state index contributed by atoms with van der Waals surface area (Å²) in [5.74, 6) is 0.755. The molecule has 0 bridgehead atoms. The second-order valence-electron chi connectivity index (χ2n) is 4.43. The van der Waals surface area contributed by atoms with Crippen molar-refractivity contribution in [3.8, 4) is 5.75 Å². The quantitative estimate of drug-likeness (QED) is 0.766. The molecule has 1 aromatic rings. The topological polar surface area (TPSA) is 50.4 Å². The van der Waals surface area contributed by atoms with Crippen LogP contribution in [0.5, 0.6) is 5.75 Å². The van der Waals surface area contributed by atoms with Crippen LogP contribution in [0, 0.1) is 0 Å². The monoisotopic (exact) mass is 264 g/mol. The molecule has 3 rings (SSSR count). The van der Waals surface area contributed by atoms with Crippen molar-refractivity contribution in [3.05, 3.63) is 35.1 Å². The maximum Gasteiger partial charge on any atom is 0.291 e. The average Bonchev–Trinajstić information content (AvgIpc) is 2.83. The van der Waals surface area contributed by atoms with E-state index < -0.39 is 0 Å². The van der Waals surface area contributed by atoms with Crippen LogP contribution in [0.25, 0.3) is 0 Å². The lowest BCUT2D eigenvalue weighted by molar-refractivity contribution is -0.115. The van der Waals surface area contributed by atoms with Gasteiger partial charge in [0, 0.05) is 11.1 Å². The molecule has 4 nitrogen and oxygen atoms in total. The minimum absolute atomic E-state index is 0.222. The standard InChI is InChI=1S/C13H13ClN2O2/c14-8-3-4-11-10(6-8)16-13(17)12(18-11)7-9-2-1-5-15-9/h3-4,6-7,9,15H,1-2,5H2,(H,16,17)/b12-7-/t9-/m0/s1. The highest BCUT2D eigenvalue weighted by molar-refractivity contribution is 6.31. The molecule has 1 fully saturated rings. The van der Waals surface area contributed by atoms with Crippen LogP contribution in [0.15, 0.2) is 30.0 Å². The summed E-state index contributed by atoms with van der Waals surface area (Å²) < 4.78 is 5.61. The number of anilines is 1. The molecule has 5 heteroatoms. The number of rotatable bonds is 1. The van der Waals surface area contributed by atoms with Crippen LogP contribution in [0.3, 0.4) is 0 Å². The normalized spacial score (nSPS) is 24.6. The third-order valence-electron chi connectivity index (χ3n) is 3.08. The molecule has 94 valence electrons. The fourth-order valence-electron chi connectivity index (χ4n) is 2.18. The SMILES string of the molecule is O=C1Nc2cc(Cl)ccc2O/C1=C\[C@@H]1CCCN1. The van der Waals surface area contributed by atoms with E-state index in [1.165, 1.54) is 0 Å². The summed E-state index contributed by atoms with van der Waals surface area (Å²) in [4.78, 5) is 11.9. The summed E-state index contributed by atoms with van der Waals surface area (Å²) in [6.45, 7) is 0.988. The summed E-state index contributed by atoms with van der Waals surface area (Å²) in [5.41, 5.74) is 0.615. The summed E-state index contributed by atoms with van der Waals surface area (Å²) in [7, 11) is 0. The Morgan fingerprint density at radius 2 is 2.33 bits per heavy atom. The van der Waals surface area contributed by atoms with Gasteiger partial charge in [-0.05, 0) is 43.7 Å². The van der Waals surface area contributed by atoms with Crippen LogP contribution < -0.4 is 15.4 Å². The Hall–Kier alpha value is -1.52. The Balaban J connectivity index is 1.87. The second-order valence-corrected chi connectivity index (χ2v) is 4.87. The molecule has 0 unspecified atom stereocenters. The zero-order valence-electron chi connectivity index (χ0n) is 9.70. The van der Waals surface area contributed by atoms with Gasteiger partial charge < -0.3 is 15.4 Å². The van der Waals surface area contributed by atoms with Crippen LogP contribution in [0.2, 0.25) is 5.02 Å². The van der Waals surface area contributed by atoms with Crippen molar-refractivity contribution in [2.24, 2.45) is 0 Å². The number of ether oxygens (including phenoxy) is 1. The molecular weight excluding hydrogens is 252 g/mol. The third-order valence-corrected chi connectivity index (χ3v) is 3.32. The Bertz CT molecular complexity index is 522. The van der Waals surface area contributed by atoms with Crippen LogP contribution >= 0.6 is 11.6 Å². The first-order valence-electron chi connectivity index (χ1n) is 5.96. The first-order chi connectivity index (χ1) is 8.72. The minimum atomic E-state index is -0.224. The molecule has 0 aliphatic carbocycles. The van der Waals surface area contributed by atoms with Crippen molar-refractivity contribution in [2.75, 3.05) is 11.9 Å². The number of amides is 1. The Morgan fingerprint density at radius 3 is 3.11 bits per heavy atom. The summed E-state index contributed by atoms with van der Waals surface area (Å²) >= 11 is 5.87. The van der Waals surface area contributed by atoms with E-state index in [1.807, 2.05) is 6.08 Å². The first kappa shape index (κ1) is 11.6. The Kier molecular flexibility index (Phi) is 2.97. The van der Waals surface area contributed by atoms with Gasteiger partial charge in [-0.3, -0.25) is 4.79 Å². The molecule has 2 N–H and O–H groups in total. The molecule has 1 aromatic carbocycles. The fourth-order valence-corrected chi connectivity index (χ4v) is 2.36. The molecule has 18 heavy (non-hydrogen) atoms. The summed E-state index contributed by atoms with van der Waals surface area (Å²) in [5, 5.41) is 6.65. The molecule has 2 aliphatic rings. The molecule has 2 heterocycles. The van der Waals surface area contributed by atoms with E-state index in [2.05, 4.69) is 10.6 Å². The van der Waals surface area contributed by atoms with Crippen molar-refractivity contribution in [2.45, 2.75) is 18.9 Å². The van der Waals surface area contributed by atoms with Crippen molar-refractivity contribution in [1.82, 2.24) is 5.32 Å². The van der Waals surface area contributed by atoms with E-state index in [9.17, 15) is 4.79 Å². The number of hydrogen-bond donors (Lipinski definition) is 2. The number of hydrogen-bond acceptors (Lipinski definition) is 3. The van der Waals surface area contributed by atoms with Crippen molar-refractivity contribution < 1.29 is 9.53 Å². The molecule has 0 aromatic heterocycles. The van der Waals surface area contributed by atoms with E-state index in [0.29, 0.717) is 22.2 Å². The van der Waals surface area contributed by atoms with E-state index in [1.54, 1.807) is 18.2 Å². The summed E-state index contributed by atoms with van der Waals surface area (Å²) in [6, 6.07) is 5.40. The average molecular weight is 265 g/mol. The molecule has 2 aliphatic heterocycles. The zero-order chi connectivity index (χ0) is 12.5. The van der Waals surface area contributed by atoms with Gasteiger partial charge >= 0.3 is 0 Å². The highest BCUT2D eigenvalue weighted by Crippen LogP contribution is 2.33. The second kappa shape index (κ2) is 4.63. The van der Waals surface area contributed by atoms with E-state index in [4.69, 9.17) is 16.3 Å². The van der Waals surface area contributed by atoms with Crippen molar-refractivity contribution in [1.29, 1.82) is 0 Å². The molecule has 0 spiro atoms. The number of benzene rings is 1. The van der Waals surface area contributed by atoms with Crippen LogP contribution in [-0.4, -0.2) is 18.5 Å². The van der Waals surface area contributed by atoms with Crippen LogP contribution in [0.1, 0.15) is 12.8 Å². The van der Waals surface area contributed by atoms with Crippen molar-refractivity contribution in [3.63, 3.8) is 0 Å². The number of carbonyl (C=O) groups excluding carboxylic acids is 1. The molecule has 1 atom stereocenters. The number of carbonyl (C=O) groups is 1. The predicted molar refractivity (Wildman–Crippen MR) is 69.8 cm³/mol. The van der Waals surface area contributed by atoms with E-state index in [-0.39, 0.29) is 11.9 Å². The van der Waals surface area contributed by atoms with E-state index >= 15 is 0 Å². The van der Waals surface area contributed by atoms with E-state index in [0.717, 1.165) is 19.4 Å². The van der Waals surface area contributed by atoms with Gasteiger partial charge in [0.1, 0.15) is 0 Å². The first-order valence-corrected chi connectivity index (χ1v) is 6.34. The van der Waals surface area contributed by atoms with Gasteiger partial charge in [0.15, 0.2) is 11.5 Å². The fraction of sp³-hybridized carbons (Fsp3) is 0.308. The lowest BCUT2D eigenvalue weighted by Crippen LogP contribution is -2.27. The number of nitrogens with one attached hydrogen (secondary N) is 2. The van der Waals surface area contributed by atoms with Gasteiger partial charge in [-0.15, -0.1) is 0 Å². The Morgan fingerprint density at radius 1 is 1.44 bits per heavy atom. The smallest absolute Gasteiger partial charge is 0.291 e. The van der Waals surface area contributed by atoms with Gasteiger partial charge in [0.25, 0.3) is 5.91 Å². The predicted octanol–water partition coefficient (Wildman–Crippen LogP) is 2.31. The maximum absolute atomic E-state index is 11.9. The highest BCUT2D eigenvalue weighted by Gasteiger charge is 2.24. The third kappa shape index (κ3) is 2.21. The highest BCUT2D eigenvalue weighted by atomic mass is 35.5. The number of halogens is 1. The maximum atomic E-state index is 11.9. The largest absolute Gasteiger partial charge is 0.450 e. The Labute approximate surface area is 110 Å². The minimum Gasteiger partial charge on any atom is -0.450 e. The van der Waals surface area contributed by atoms with Gasteiger partial charge in [-0.25, -0.2) is 0 Å². The lowest BCUT2D eigenvalue weighted by Gasteiger charge is -2.20. The molecular formula is C13H13ClN2O2. The summed E-state index contributed by atoms with van der Waals surface area (Å²) in [6.07, 6.45) is 4.01. The number of fused-ring (bicyclic) bond motifs is 1. The van der Waals surface area contributed by atoms with Crippen molar-refractivity contribution >= 4 is 23.2 Å². The van der Waals surface area contributed by atoms with Gasteiger partial charge in [-0.2, -0.15) is 0 Å². The zero-order valence-corrected chi connectivity index (χ0v) is 10.5. The molecule has 0 saturated carbocycles. The van der Waals surface area contributed by atoms with Gasteiger partial charge in [-0.1, -0.05) is 11.6 Å². The molecule has 0 radical (unpaired) electrons. The van der Waals surface area contributed by atoms with Gasteiger partial charge in [0.2, 0.25) is 0 Å². The van der Waals surface area contributed by atoms with Gasteiger partial charge in [0.05, 0.1) is 5.69 Å². The lowest BCUT2D eigenvalue weighted by atomic mass is 10.2. The van der Waals surface area contributed by atoms with Crippen LogP contribution in [-0.2, 0) is 4.79 Å².